The first-order valence-corrected chi connectivity index (χ1v) is 6.51. The summed E-state index contributed by atoms with van der Waals surface area (Å²) in [5, 5.41) is 9.07. The Morgan fingerprint density at radius 2 is 2.15 bits per heavy atom. The van der Waals surface area contributed by atoms with Crippen molar-refractivity contribution in [3.63, 3.8) is 0 Å². The average Bonchev–Trinajstić information content (AvgIpc) is 2.47. The van der Waals surface area contributed by atoms with Crippen LogP contribution in [0.25, 0.3) is 0 Å². The van der Waals surface area contributed by atoms with E-state index in [1.165, 1.54) is 0 Å². The number of carbonyl (C=O) groups is 1. The number of benzene rings is 1. The second kappa shape index (κ2) is 8.21. The van der Waals surface area contributed by atoms with Crippen LogP contribution in [0.1, 0.15) is 5.56 Å². The number of halogens is 1. The van der Waals surface area contributed by atoms with E-state index in [4.69, 9.17) is 15.6 Å². The second-order valence-electron chi connectivity index (χ2n) is 4.76. The first-order valence-electron chi connectivity index (χ1n) is 6.51. The molecule has 1 amide bonds. The highest BCUT2D eigenvalue weighted by atomic mass is 35.5. The van der Waals surface area contributed by atoms with E-state index in [9.17, 15) is 4.79 Å². The molecule has 5 nitrogen and oxygen atoms in total. The molecule has 1 saturated heterocycles. The van der Waals surface area contributed by atoms with Crippen molar-refractivity contribution < 1.29 is 14.6 Å². The fraction of sp³-hybridized carbons (Fsp3) is 0.500. The summed E-state index contributed by atoms with van der Waals surface area (Å²) in [6, 6.07) is 9.18. The Balaban J connectivity index is 0.00000200. The number of ether oxygens (including phenoxy) is 1. The summed E-state index contributed by atoms with van der Waals surface area (Å²) >= 11 is 0. The Morgan fingerprint density at radius 3 is 2.80 bits per heavy atom. The number of carbonyl (C=O) groups excluding carboxylic acids is 1. The van der Waals surface area contributed by atoms with Gasteiger partial charge in [0.2, 0.25) is 5.91 Å². The van der Waals surface area contributed by atoms with Crippen molar-refractivity contribution in [1.29, 1.82) is 0 Å². The van der Waals surface area contributed by atoms with Gasteiger partial charge in [0.25, 0.3) is 0 Å². The molecule has 0 aromatic heterocycles. The number of hydrogen-bond acceptors (Lipinski definition) is 4. The molecule has 0 aliphatic carbocycles. The first-order chi connectivity index (χ1) is 9.20. The Labute approximate surface area is 125 Å². The molecule has 1 heterocycles. The normalized spacial score (nSPS) is 20.1. The minimum atomic E-state index is -0.542. The number of aliphatic hydroxyl groups is 1. The van der Waals surface area contributed by atoms with Crippen LogP contribution < -0.4 is 5.73 Å². The lowest BCUT2D eigenvalue weighted by molar-refractivity contribution is -0.141. The number of aliphatic hydroxyl groups excluding tert-OH is 1. The summed E-state index contributed by atoms with van der Waals surface area (Å²) in [6.45, 7) is 1.34. The standard InChI is InChI=1S/C14H20N2O3.ClH/c15-13(8-11-4-2-1-3-5-11)14(18)16-6-7-19-12(9-16)10-17;/h1-5,12-13,17H,6-10,15H2;1H/t12?,13-;/m0./s1. The molecule has 1 fully saturated rings. The Morgan fingerprint density at radius 1 is 1.45 bits per heavy atom. The van der Waals surface area contributed by atoms with E-state index in [0.29, 0.717) is 26.1 Å². The van der Waals surface area contributed by atoms with Gasteiger partial charge in [-0.3, -0.25) is 4.79 Å². The van der Waals surface area contributed by atoms with E-state index in [2.05, 4.69) is 0 Å². The van der Waals surface area contributed by atoms with Gasteiger partial charge < -0.3 is 20.5 Å². The predicted octanol–water partition coefficient (Wildman–Crippen LogP) is 0.198. The quantitative estimate of drug-likeness (QED) is 0.833. The Kier molecular flexibility index (Phi) is 6.95. The van der Waals surface area contributed by atoms with E-state index >= 15 is 0 Å². The number of morpholine rings is 1. The third kappa shape index (κ3) is 4.45. The van der Waals surface area contributed by atoms with Gasteiger partial charge in [0, 0.05) is 13.1 Å². The van der Waals surface area contributed by atoms with Crippen molar-refractivity contribution in [2.45, 2.75) is 18.6 Å². The summed E-state index contributed by atoms with van der Waals surface area (Å²) in [5.41, 5.74) is 7.02. The Bertz CT molecular complexity index is 416. The van der Waals surface area contributed by atoms with Crippen molar-refractivity contribution in [3.05, 3.63) is 35.9 Å². The maximum absolute atomic E-state index is 12.2. The molecule has 6 heteroatoms. The molecule has 1 aromatic carbocycles. The number of nitrogens with two attached hydrogens (primary N) is 1. The van der Waals surface area contributed by atoms with Crippen molar-refractivity contribution in [2.75, 3.05) is 26.3 Å². The Hall–Kier alpha value is -1.14. The fourth-order valence-electron chi connectivity index (χ4n) is 2.22. The lowest BCUT2D eigenvalue weighted by Crippen LogP contribution is -2.52. The van der Waals surface area contributed by atoms with Gasteiger partial charge in [0.05, 0.1) is 25.4 Å². The van der Waals surface area contributed by atoms with Crippen LogP contribution in [0.15, 0.2) is 30.3 Å². The highest BCUT2D eigenvalue weighted by molar-refractivity contribution is 5.85. The summed E-state index contributed by atoms with van der Waals surface area (Å²) in [7, 11) is 0. The molecular weight excluding hydrogens is 280 g/mol. The first kappa shape index (κ1) is 16.9. The molecule has 0 saturated carbocycles. The maximum atomic E-state index is 12.2. The van der Waals surface area contributed by atoms with E-state index < -0.39 is 6.04 Å². The monoisotopic (exact) mass is 300 g/mol. The van der Waals surface area contributed by atoms with Gasteiger partial charge in [-0.25, -0.2) is 0 Å². The van der Waals surface area contributed by atoms with Crippen LogP contribution in [0, 0.1) is 0 Å². The van der Waals surface area contributed by atoms with Crippen LogP contribution in [0.5, 0.6) is 0 Å². The van der Waals surface area contributed by atoms with Gasteiger partial charge in [-0.1, -0.05) is 30.3 Å². The van der Waals surface area contributed by atoms with Gasteiger partial charge in [0.1, 0.15) is 0 Å². The third-order valence-electron chi connectivity index (χ3n) is 3.27. The number of amides is 1. The summed E-state index contributed by atoms with van der Waals surface area (Å²) in [6.07, 6.45) is 0.238. The lowest BCUT2D eigenvalue weighted by Gasteiger charge is -2.33. The van der Waals surface area contributed by atoms with Crippen LogP contribution in [0.3, 0.4) is 0 Å². The van der Waals surface area contributed by atoms with Gasteiger partial charge >= 0.3 is 0 Å². The van der Waals surface area contributed by atoms with Crippen molar-refractivity contribution in [3.8, 4) is 0 Å². The van der Waals surface area contributed by atoms with Gasteiger partial charge in [0.15, 0.2) is 0 Å². The zero-order chi connectivity index (χ0) is 13.7. The largest absolute Gasteiger partial charge is 0.394 e. The van der Waals surface area contributed by atoms with Gasteiger partial charge in [-0.2, -0.15) is 0 Å². The van der Waals surface area contributed by atoms with E-state index in [-0.39, 0.29) is 31.0 Å². The fourth-order valence-corrected chi connectivity index (χ4v) is 2.22. The molecule has 0 radical (unpaired) electrons. The molecule has 2 rings (SSSR count). The van der Waals surface area contributed by atoms with E-state index in [1.54, 1.807) is 4.90 Å². The summed E-state index contributed by atoms with van der Waals surface area (Å²) < 4.78 is 5.32. The van der Waals surface area contributed by atoms with E-state index in [0.717, 1.165) is 5.56 Å². The van der Waals surface area contributed by atoms with Crippen LogP contribution in [-0.4, -0.2) is 54.4 Å². The van der Waals surface area contributed by atoms with Crippen LogP contribution in [0.2, 0.25) is 0 Å². The summed E-state index contributed by atoms with van der Waals surface area (Å²) in [5.74, 6) is -0.0781. The molecule has 1 unspecified atom stereocenters. The second-order valence-corrected chi connectivity index (χ2v) is 4.76. The molecule has 20 heavy (non-hydrogen) atoms. The van der Waals surface area contributed by atoms with E-state index in [1.807, 2.05) is 30.3 Å². The number of nitrogens with zero attached hydrogens (tertiary/aromatic N) is 1. The topological polar surface area (TPSA) is 75.8 Å². The molecule has 3 N–H and O–H groups in total. The molecular formula is C14H21ClN2O3. The van der Waals surface area contributed by atoms with Crippen LogP contribution in [-0.2, 0) is 16.0 Å². The molecule has 2 atom stereocenters. The minimum Gasteiger partial charge on any atom is -0.394 e. The third-order valence-corrected chi connectivity index (χ3v) is 3.27. The van der Waals surface area contributed by atoms with Gasteiger partial charge in [-0.05, 0) is 12.0 Å². The average molecular weight is 301 g/mol. The molecule has 112 valence electrons. The predicted molar refractivity (Wildman–Crippen MR) is 78.8 cm³/mol. The maximum Gasteiger partial charge on any atom is 0.239 e. The zero-order valence-electron chi connectivity index (χ0n) is 11.3. The van der Waals surface area contributed by atoms with Crippen LogP contribution >= 0.6 is 12.4 Å². The van der Waals surface area contributed by atoms with Crippen molar-refractivity contribution in [1.82, 2.24) is 4.90 Å². The van der Waals surface area contributed by atoms with Gasteiger partial charge in [-0.15, -0.1) is 12.4 Å². The highest BCUT2D eigenvalue weighted by Crippen LogP contribution is 2.09. The lowest BCUT2D eigenvalue weighted by atomic mass is 10.1. The van der Waals surface area contributed by atoms with Crippen LogP contribution in [0.4, 0.5) is 0 Å². The highest BCUT2D eigenvalue weighted by Gasteiger charge is 2.27. The van der Waals surface area contributed by atoms with Crippen molar-refractivity contribution in [2.24, 2.45) is 5.73 Å². The number of rotatable bonds is 4. The zero-order valence-corrected chi connectivity index (χ0v) is 12.1. The number of hydrogen-bond donors (Lipinski definition) is 2. The molecule has 1 aliphatic heterocycles. The molecule has 0 spiro atoms. The summed E-state index contributed by atoms with van der Waals surface area (Å²) in [4.78, 5) is 13.9. The molecule has 0 bridgehead atoms. The molecule has 1 aliphatic rings. The van der Waals surface area contributed by atoms with Crippen molar-refractivity contribution >= 4 is 18.3 Å². The SMILES string of the molecule is Cl.N[C@@H](Cc1ccccc1)C(=O)N1CCOC(CO)C1. The smallest absolute Gasteiger partial charge is 0.239 e. The minimum absolute atomic E-state index is 0. The molecule has 1 aromatic rings.